The van der Waals surface area contributed by atoms with E-state index in [4.69, 9.17) is 4.74 Å². The Morgan fingerprint density at radius 1 is 1.12 bits per heavy atom. The molecule has 1 saturated heterocycles. The summed E-state index contributed by atoms with van der Waals surface area (Å²) < 4.78 is 19.0. The van der Waals surface area contributed by atoms with Crippen molar-refractivity contribution in [3.05, 3.63) is 83.7 Å². The smallest absolute Gasteiger partial charge is 0.295 e. The van der Waals surface area contributed by atoms with Crippen molar-refractivity contribution in [3.8, 4) is 5.75 Å². The van der Waals surface area contributed by atoms with Crippen LogP contribution >= 0.6 is 0 Å². The fourth-order valence-corrected chi connectivity index (χ4v) is 4.13. The highest BCUT2D eigenvalue weighted by Crippen LogP contribution is 2.39. The van der Waals surface area contributed by atoms with Gasteiger partial charge in [0.1, 0.15) is 23.9 Å². The minimum Gasteiger partial charge on any atom is -0.507 e. The Kier molecular flexibility index (Phi) is 8.60. The number of halogens is 1. The van der Waals surface area contributed by atoms with E-state index in [1.54, 1.807) is 30.3 Å². The van der Waals surface area contributed by atoms with Gasteiger partial charge in [-0.1, -0.05) is 38.6 Å². The molecule has 0 bridgehead atoms. The quantitative estimate of drug-likeness (QED) is 0.228. The maximum absolute atomic E-state index is 13.4. The summed E-state index contributed by atoms with van der Waals surface area (Å²) in [6.07, 6.45) is 2.32. The molecule has 3 rings (SSSR count). The third-order valence-corrected chi connectivity index (χ3v) is 5.99. The number of hydrogen-bond acceptors (Lipinski definition) is 5. The zero-order valence-electron chi connectivity index (χ0n) is 19.7. The van der Waals surface area contributed by atoms with Crippen LogP contribution in [0.1, 0.15) is 37.4 Å². The number of nitrogens with zero attached hydrogens (tertiary/aromatic N) is 2. The molecule has 1 atom stereocenters. The molecule has 180 valence electrons. The van der Waals surface area contributed by atoms with Crippen LogP contribution in [0.15, 0.2) is 66.8 Å². The zero-order valence-corrected chi connectivity index (χ0v) is 19.7. The molecule has 0 spiro atoms. The molecule has 1 amide bonds. The van der Waals surface area contributed by atoms with Crippen molar-refractivity contribution in [2.75, 3.05) is 32.8 Å². The first-order valence-corrected chi connectivity index (χ1v) is 11.5. The first kappa shape index (κ1) is 25.2. The van der Waals surface area contributed by atoms with Crippen molar-refractivity contribution >= 4 is 17.4 Å². The first-order valence-electron chi connectivity index (χ1n) is 11.5. The van der Waals surface area contributed by atoms with E-state index in [1.807, 2.05) is 0 Å². The van der Waals surface area contributed by atoms with Crippen molar-refractivity contribution in [1.29, 1.82) is 0 Å². The highest BCUT2D eigenvalue weighted by molar-refractivity contribution is 6.46. The lowest BCUT2D eigenvalue weighted by Gasteiger charge is -2.27. The summed E-state index contributed by atoms with van der Waals surface area (Å²) in [7, 11) is 0. The van der Waals surface area contributed by atoms with E-state index in [-0.39, 0.29) is 16.9 Å². The molecular formula is C27H31FN2O4. The summed E-state index contributed by atoms with van der Waals surface area (Å²) in [6.45, 7) is 11.1. The molecule has 1 N–H and O–H groups in total. The number of likely N-dealkylation sites (tertiary alicyclic amines) is 1. The molecule has 6 nitrogen and oxygen atoms in total. The van der Waals surface area contributed by atoms with Gasteiger partial charge in [0.15, 0.2) is 0 Å². The topological polar surface area (TPSA) is 70.1 Å². The number of Topliss-reactive ketones (excluding diaryl/α,β-unsaturated/α-hetero) is 1. The zero-order chi connectivity index (χ0) is 24.7. The van der Waals surface area contributed by atoms with Gasteiger partial charge in [-0.15, -0.1) is 0 Å². The van der Waals surface area contributed by atoms with Gasteiger partial charge >= 0.3 is 0 Å². The average molecular weight is 467 g/mol. The van der Waals surface area contributed by atoms with E-state index >= 15 is 0 Å². The summed E-state index contributed by atoms with van der Waals surface area (Å²) in [6, 6.07) is 11.5. The number of amides is 1. The average Bonchev–Trinajstić information content (AvgIpc) is 3.10. The lowest BCUT2D eigenvalue weighted by molar-refractivity contribution is -0.140. The monoisotopic (exact) mass is 466 g/mol. The molecular weight excluding hydrogens is 435 g/mol. The molecule has 0 saturated carbocycles. The van der Waals surface area contributed by atoms with Crippen molar-refractivity contribution in [2.24, 2.45) is 0 Å². The Labute approximate surface area is 199 Å². The third-order valence-electron chi connectivity index (χ3n) is 5.99. The summed E-state index contributed by atoms with van der Waals surface area (Å²) in [5.74, 6) is -1.55. The molecule has 1 fully saturated rings. The molecule has 0 aromatic heterocycles. The van der Waals surface area contributed by atoms with Gasteiger partial charge in [-0.25, -0.2) is 4.39 Å². The second-order valence-electron chi connectivity index (χ2n) is 8.05. The fourth-order valence-electron chi connectivity index (χ4n) is 4.13. The Hall–Kier alpha value is -3.45. The standard InChI is InChI=1S/C27H31FN2O4/c1-4-18-34-22-14-10-19(11-15-22)24-23(25(31)20-8-12-21(28)13-9-20)26(32)27(33)30(24)17-7-16-29(5-2)6-3/h4,8-15,24,31H,1,5-7,16-18H2,2-3H3/b25-23+/t24-/m1/s1. The van der Waals surface area contributed by atoms with Gasteiger partial charge in [-0.2, -0.15) is 0 Å². The van der Waals surface area contributed by atoms with Crippen LogP contribution in [-0.4, -0.2) is 59.4 Å². The lowest BCUT2D eigenvalue weighted by atomic mass is 9.95. The number of ether oxygens (including phenoxy) is 1. The van der Waals surface area contributed by atoms with Crippen LogP contribution in [0.4, 0.5) is 4.39 Å². The Balaban J connectivity index is 2.00. The summed E-state index contributed by atoms with van der Waals surface area (Å²) in [4.78, 5) is 29.9. The number of aliphatic hydroxyl groups excluding tert-OH is 1. The normalized spacial score (nSPS) is 17.4. The Bertz CT molecular complexity index is 1040. The minimum absolute atomic E-state index is 0.000734. The van der Waals surface area contributed by atoms with Crippen LogP contribution in [0.25, 0.3) is 5.76 Å². The highest BCUT2D eigenvalue weighted by Gasteiger charge is 2.45. The number of rotatable bonds is 11. The predicted octanol–water partition coefficient (Wildman–Crippen LogP) is 4.54. The second-order valence-corrected chi connectivity index (χ2v) is 8.05. The van der Waals surface area contributed by atoms with Crippen molar-refractivity contribution in [2.45, 2.75) is 26.3 Å². The summed E-state index contributed by atoms with van der Waals surface area (Å²) in [5, 5.41) is 11.0. The van der Waals surface area contributed by atoms with E-state index < -0.39 is 23.5 Å². The molecule has 0 aliphatic carbocycles. The van der Waals surface area contributed by atoms with Gasteiger partial charge in [0.05, 0.1) is 11.6 Å². The Morgan fingerprint density at radius 2 is 1.76 bits per heavy atom. The first-order chi connectivity index (χ1) is 16.4. The molecule has 2 aromatic rings. The van der Waals surface area contributed by atoms with Crippen LogP contribution in [-0.2, 0) is 9.59 Å². The van der Waals surface area contributed by atoms with E-state index in [1.165, 1.54) is 29.2 Å². The van der Waals surface area contributed by atoms with Crippen molar-refractivity contribution in [1.82, 2.24) is 9.80 Å². The van der Waals surface area contributed by atoms with E-state index in [0.717, 1.165) is 19.6 Å². The largest absolute Gasteiger partial charge is 0.507 e. The third kappa shape index (κ3) is 5.54. The van der Waals surface area contributed by atoms with Crippen molar-refractivity contribution < 1.29 is 23.8 Å². The van der Waals surface area contributed by atoms with Crippen LogP contribution < -0.4 is 4.74 Å². The van der Waals surface area contributed by atoms with Crippen LogP contribution in [0.2, 0.25) is 0 Å². The molecule has 7 heteroatoms. The minimum atomic E-state index is -0.754. The molecule has 0 radical (unpaired) electrons. The summed E-state index contributed by atoms with van der Waals surface area (Å²) in [5.41, 5.74) is 0.953. The van der Waals surface area contributed by atoms with Gasteiger partial charge in [0, 0.05) is 12.1 Å². The number of ketones is 1. The Morgan fingerprint density at radius 3 is 2.35 bits per heavy atom. The van der Waals surface area contributed by atoms with Gasteiger partial charge in [-0.05, 0) is 68.0 Å². The van der Waals surface area contributed by atoms with Gasteiger partial charge < -0.3 is 19.6 Å². The number of aliphatic hydroxyl groups is 1. The van der Waals surface area contributed by atoms with Crippen LogP contribution in [0.3, 0.4) is 0 Å². The number of hydrogen-bond donors (Lipinski definition) is 1. The number of carbonyl (C=O) groups is 2. The van der Waals surface area contributed by atoms with E-state index in [2.05, 4.69) is 25.3 Å². The molecule has 1 aliphatic rings. The second kappa shape index (κ2) is 11.6. The predicted molar refractivity (Wildman–Crippen MR) is 130 cm³/mol. The maximum atomic E-state index is 13.4. The summed E-state index contributed by atoms with van der Waals surface area (Å²) >= 11 is 0. The number of carbonyl (C=O) groups excluding carboxylic acids is 2. The molecule has 0 unspecified atom stereocenters. The van der Waals surface area contributed by atoms with E-state index in [0.29, 0.717) is 30.9 Å². The SMILES string of the molecule is C=CCOc1ccc([C@@H]2/C(=C(\O)c3ccc(F)cc3)C(=O)C(=O)N2CCCN(CC)CC)cc1. The molecule has 2 aromatic carbocycles. The maximum Gasteiger partial charge on any atom is 0.295 e. The highest BCUT2D eigenvalue weighted by atomic mass is 19.1. The lowest BCUT2D eigenvalue weighted by Crippen LogP contribution is -2.33. The van der Waals surface area contributed by atoms with Crippen molar-refractivity contribution in [3.63, 3.8) is 0 Å². The molecule has 1 aliphatic heterocycles. The van der Waals surface area contributed by atoms with Gasteiger partial charge in [-0.3, -0.25) is 9.59 Å². The fraction of sp³-hybridized carbons (Fsp3) is 0.333. The van der Waals surface area contributed by atoms with Crippen LogP contribution in [0, 0.1) is 5.82 Å². The van der Waals surface area contributed by atoms with Crippen LogP contribution in [0.5, 0.6) is 5.75 Å². The van der Waals surface area contributed by atoms with E-state index in [9.17, 15) is 19.1 Å². The van der Waals surface area contributed by atoms with Gasteiger partial charge in [0.25, 0.3) is 11.7 Å². The number of benzene rings is 2. The molecule has 1 heterocycles. The van der Waals surface area contributed by atoms with Gasteiger partial charge in [0.2, 0.25) is 0 Å². The molecule has 34 heavy (non-hydrogen) atoms.